The molecule has 0 saturated heterocycles. The highest BCUT2D eigenvalue weighted by molar-refractivity contribution is 6.40. The van der Waals surface area contributed by atoms with Crippen molar-refractivity contribution in [2.24, 2.45) is 11.0 Å². The van der Waals surface area contributed by atoms with Crippen molar-refractivity contribution in [3.05, 3.63) is 65.7 Å². The van der Waals surface area contributed by atoms with Gasteiger partial charge in [0.1, 0.15) is 5.71 Å². The number of amides is 2. The summed E-state index contributed by atoms with van der Waals surface area (Å²) in [5, 5.41) is 17.6. The number of hydrogen-bond acceptors (Lipinski definition) is 4. The lowest BCUT2D eigenvalue weighted by atomic mass is 9.98. The second kappa shape index (κ2) is 9.14. The Morgan fingerprint density at radius 3 is 2.59 bits per heavy atom. The molecule has 1 aliphatic heterocycles. The van der Waals surface area contributed by atoms with Gasteiger partial charge in [-0.25, -0.2) is 5.01 Å². The molecule has 2 aromatic rings. The number of benzene rings is 2. The second-order valence-corrected chi connectivity index (χ2v) is 7.03. The average molecular weight is 393 g/mol. The first-order valence-corrected chi connectivity index (χ1v) is 9.46. The highest BCUT2D eigenvalue weighted by Crippen LogP contribution is 2.19. The summed E-state index contributed by atoms with van der Waals surface area (Å²) < 4.78 is 0. The molecule has 2 amide bonds. The van der Waals surface area contributed by atoms with Crippen molar-refractivity contribution in [1.82, 2.24) is 5.32 Å². The predicted molar refractivity (Wildman–Crippen MR) is 110 cm³/mol. The van der Waals surface area contributed by atoms with E-state index in [2.05, 4.69) is 10.4 Å². The summed E-state index contributed by atoms with van der Waals surface area (Å²) in [7, 11) is 0. The van der Waals surface area contributed by atoms with E-state index in [1.54, 1.807) is 24.3 Å². The van der Waals surface area contributed by atoms with Crippen molar-refractivity contribution in [2.45, 2.75) is 26.2 Å². The normalized spacial score (nSPS) is 14.9. The van der Waals surface area contributed by atoms with Crippen molar-refractivity contribution in [3.8, 4) is 0 Å². The molecule has 1 unspecified atom stereocenters. The Morgan fingerprint density at radius 1 is 1.14 bits per heavy atom. The Labute approximate surface area is 169 Å². The Kier molecular flexibility index (Phi) is 6.39. The molecule has 0 spiro atoms. The third-order valence-corrected chi connectivity index (χ3v) is 4.72. The number of para-hydroxylation sites is 1. The summed E-state index contributed by atoms with van der Waals surface area (Å²) >= 11 is 0. The summed E-state index contributed by atoms with van der Waals surface area (Å²) in [6, 6.07) is 16.5. The molecule has 2 N–H and O–H groups in total. The van der Waals surface area contributed by atoms with Gasteiger partial charge in [-0.3, -0.25) is 14.4 Å². The molecule has 1 heterocycles. The van der Waals surface area contributed by atoms with Gasteiger partial charge in [0.2, 0.25) is 5.91 Å². The maximum Gasteiger partial charge on any atom is 0.308 e. The molecular weight excluding hydrogens is 370 g/mol. The Morgan fingerprint density at radius 2 is 1.90 bits per heavy atom. The lowest BCUT2D eigenvalue weighted by molar-refractivity contribution is -0.141. The maximum absolute atomic E-state index is 12.5. The van der Waals surface area contributed by atoms with Gasteiger partial charge >= 0.3 is 5.97 Å². The number of carboxylic acid groups (broad SMARTS) is 1. The van der Waals surface area contributed by atoms with Crippen LogP contribution in [0.2, 0.25) is 0 Å². The summed E-state index contributed by atoms with van der Waals surface area (Å²) in [6.07, 6.45) is 0.717. The van der Waals surface area contributed by atoms with Crippen LogP contribution in [-0.4, -0.2) is 35.1 Å². The van der Waals surface area contributed by atoms with Gasteiger partial charge in [-0.2, -0.15) is 5.10 Å². The third-order valence-electron chi connectivity index (χ3n) is 4.72. The monoisotopic (exact) mass is 393 g/mol. The SMILES string of the molecule is Cc1cccc(CC(CNC(=O)C2=NN(c3ccccc3)C(=O)CC2)C(=O)O)c1. The van der Waals surface area contributed by atoms with Crippen LogP contribution in [0.25, 0.3) is 0 Å². The number of aryl methyl sites for hydroxylation is 1. The number of hydrazone groups is 1. The minimum absolute atomic E-state index is 0.0135. The maximum atomic E-state index is 12.5. The number of carbonyl (C=O) groups excluding carboxylic acids is 2. The number of nitrogens with zero attached hydrogens (tertiary/aromatic N) is 2. The fourth-order valence-corrected chi connectivity index (χ4v) is 3.18. The van der Waals surface area contributed by atoms with Crippen LogP contribution in [0.5, 0.6) is 0 Å². The molecule has 1 aliphatic rings. The zero-order valence-electron chi connectivity index (χ0n) is 16.2. The van der Waals surface area contributed by atoms with Crippen molar-refractivity contribution in [3.63, 3.8) is 0 Å². The number of carboxylic acids is 1. The van der Waals surface area contributed by atoms with Crippen LogP contribution in [0.1, 0.15) is 24.0 Å². The smallest absolute Gasteiger partial charge is 0.308 e. The molecule has 29 heavy (non-hydrogen) atoms. The quantitative estimate of drug-likeness (QED) is 0.755. The zero-order valence-corrected chi connectivity index (χ0v) is 16.2. The molecule has 0 radical (unpaired) electrons. The molecule has 150 valence electrons. The van der Waals surface area contributed by atoms with Crippen molar-refractivity contribution in [2.75, 3.05) is 11.6 Å². The fourth-order valence-electron chi connectivity index (χ4n) is 3.18. The first-order valence-electron chi connectivity index (χ1n) is 9.46. The van der Waals surface area contributed by atoms with E-state index in [1.807, 2.05) is 37.3 Å². The lowest BCUT2D eigenvalue weighted by Crippen LogP contribution is -2.41. The molecular formula is C22H23N3O4. The fraction of sp³-hybridized carbons (Fsp3) is 0.273. The van der Waals surface area contributed by atoms with Crippen LogP contribution >= 0.6 is 0 Å². The number of carbonyl (C=O) groups is 3. The van der Waals surface area contributed by atoms with Crippen LogP contribution in [0.4, 0.5) is 5.69 Å². The summed E-state index contributed by atoms with van der Waals surface area (Å²) in [6.45, 7) is 1.93. The van der Waals surface area contributed by atoms with E-state index >= 15 is 0 Å². The standard InChI is InChI=1S/C22H23N3O4/c1-15-6-5-7-16(12-15)13-17(22(28)29)14-23-21(27)19-10-11-20(26)25(24-19)18-8-3-2-4-9-18/h2-9,12,17H,10-11,13-14H2,1H3,(H,23,27)(H,28,29). The zero-order chi connectivity index (χ0) is 20.8. The van der Waals surface area contributed by atoms with Crippen LogP contribution < -0.4 is 10.3 Å². The molecule has 0 fully saturated rings. The van der Waals surface area contributed by atoms with E-state index in [0.29, 0.717) is 12.1 Å². The predicted octanol–water partition coefficient (Wildman–Crippen LogP) is 2.54. The molecule has 0 aromatic heterocycles. The van der Waals surface area contributed by atoms with E-state index in [9.17, 15) is 19.5 Å². The minimum Gasteiger partial charge on any atom is -0.481 e. The average Bonchev–Trinajstić information content (AvgIpc) is 2.71. The minimum atomic E-state index is -0.974. The van der Waals surface area contributed by atoms with Crippen molar-refractivity contribution in [1.29, 1.82) is 0 Å². The van der Waals surface area contributed by atoms with E-state index in [1.165, 1.54) is 5.01 Å². The van der Waals surface area contributed by atoms with Crippen LogP contribution in [0.15, 0.2) is 59.7 Å². The number of anilines is 1. The molecule has 2 aromatic carbocycles. The first kappa shape index (κ1) is 20.3. The Bertz CT molecular complexity index is 940. The molecule has 3 rings (SSSR count). The number of rotatable bonds is 7. The highest BCUT2D eigenvalue weighted by Gasteiger charge is 2.26. The Hall–Kier alpha value is -3.48. The Balaban J connectivity index is 1.66. The lowest BCUT2D eigenvalue weighted by Gasteiger charge is -2.23. The van der Waals surface area contributed by atoms with Crippen LogP contribution in [0.3, 0.4) is 0 Å². The van der Waals surface area contributed by atoms with Gasteiger partial charge in [-0.1, -0.05) is 48.0 Å². The molecule has 0 saturated carbocycles. The number of hydrogen-bond donors (Lipinski definition) is 2. The summed E-state index contributed by atoms with van der Waals surface area (Å²) in [5.74, 6) is -2.36. The van der Waals surface area contributed by atoms with Crippen LogP contribution in [0, 0.1) is 12.8 Å². The second-order valence-electron chi connectivity index (χ2n) is 7.03. The molecule has 7 nitrogen and oxygen atoms in total. The largest absolute Gasteiger partial charge is 0.481 e. The van der Waals surface area contributed by atoms with Gasteiger partial charge in [0.15, 0.2) is 0 Å². The van der Waals surface area contributed by atoms with Crippen molar-refractivity contribution < 1.29 is 19.5 Å². The van der Waals surface area contributed by atoms with Gasteiger partial charge < -0.3 is 10.4 Å². The van der Waals surface area contributed by atoms with E-state index in [4.69, 9.17) is 0 Å². The number of nitrogens with one attached hydrogen (secondary N) is 1. The van der Waals surface area contributed by atoms with Gasteiger partial charge in [0.05, 0.1) is 11.6 Å². The van der Waals surface area contributed by atoms with Crippen LogP contribution in [-0.2, 0) is 20.8 Å². The van der Waals surface area contributed by atoms with Gasteiger partial charge in [-0.05, 0) is 31.0 Å². The summed E-state index contributed by atoms with van der Waals surface area (Å²) in [5.41, 5.74) is 2.76. The molecule has 0 bridgehead atoms. The van der Waals surface area contributed by atoms with E-state index in [-0.39, 0.29) is 31.0 Å². The third kappa shape index (κ3) is 5.28. The van der Waals surface area contributed by atoms with E-state index < -0.39 is 17.8 Å². The van der Waals surface area contributed by atoms with Gasteiger partial charge in [0.25, 0.3) is 5.91 Å². The topological polar surface area (TPSA) is 99.1 Å². The highest BCUT2D eigenvalue weighted by atomic mass is 16.4. The van der Waals surface area contributed by atoms with Crippen molar-refractivity contribution >= 4 is 29.2 Å². The van der Waals surface area contributed by atoms with E-state index in [0.717, 1.165) is 11.1 Å². The first-order chi connectivity index (χ1) is 13.9. The van der Waals surface area contributed by atoms with Gasteiger partial charge in [0, 0.05) is 19.4 Å². The molecule has 7 heteroatoms. The summed E-state index contributed by atoms with van der Waals surface area (Å²) in [4.78, 5) is 36.3. The number of aliphatic carboxylic acids is 1. The van der Waals surface area contributed by atoms with Gasteiger partial charge in [-0.15, -0.1) is 0 Å². The molecule has 1 atom stereocenters. The molecule has 0 aliphatic carbocycles.